The predicted molar refractivity (Wildman–Crippen MR) is 63.5 cm³/mol. The van der Waals surface area contributed by atoms with Crippen LogP contribution in [0.1, 0.15) is 13.8 Å². The second-order valence-electron chi connectivity index (χ2n) is 3.09. The molecule has 0 rings (SSSR count). The number of hydrogen-bond donors (Lipinski definition) is 0. The van der Waals surface area contributed by atoms with Crippen molar-refractivity contribution in [3.63, 3.8) is 0 Å². The van der Waals surface area contributed by atoms with Gasteiger partial charge in [0, 0.05) is 11.1 Å². The minimum atomic E-state index is -0.652. The molecule has 0 aromatic carbocycles. The summed E-state index contributed by atoms with van der Waals surface area (Å²) in [6.07, 6.45) is 0. The van der Waals surface area contributed by atoms with Gasteiger partial charge in [0.05, 0.1) is 6.61 Å². The second kappa shape index (κ2) is 11.8. The lowest BCUT2D eigenvalue weighted by atomic mass is 10.4. The Morgan fingerprint density at radius 3 is 1.83 bits per heavy atom. The standard InChI is InChI=1S/C10H14O5.C2H4O/c1-7(2)9(11)13-5-6-14-15-10(12)8(3)4;1-2-3/h1,3,5-6H2,2,4H3;1-2H2. The number of carbonyl (C=O) groups excluding carboxylic acids is 2. The first-order valence-electron chi connectivity index (χ1n) is 5.06. The molecule has 0 unspecified atom stereocenters. The van der Waals surface area contributed by atoms with E-state index in [1.54, 1.807) is 0 Å². The van der Waals surface area contributed by atoms with E-state index in [1.807, 2.05) is 0 Å². The SMILES string of the molecule is C=C(C)C(=O)OCCOOC(=O)C(=C)C.[CH2]C[O]. The maximum atomic E-state index is 10.8. The molecule has 0 amide bonds. The molecule has 6 heteroatoms. The molecule has 0 saturated carbocycles. The molecule has 0 heterocycles. The fourth-order valence-electron chi connectivity index (χ4n) is 0.458. The van der Waals surface area contributed by atoms with Gasteiger partial charge in [-0.15, -0.1) is 0 Å². The van der Waals surface area contributed by atoms with E-state index in [0.717, 1.165) is 0 Å². The normalized spacial score (nSPS) is 8.67. The summed E-state index contributed by atoms with van der Waals surface area (Å²) in [5, 5.41) is 8.82. The lowest BCUT2D eigenvalue weighted by Crippen LogP contribution is -2.13. The van der Waals surface area contributed by atoms with Crippen LogP contribution < -0.4 is 0 Å². The average molecular weight is 258 g/mol. The Balaban J connectivity index is 0. The maximum Gasteiger partial charge on any atom is 0.368 e. The van der Waals surface area contributed by atoms with Crippen molar-refractivity contribution in [3.05, 3.63) is 31.2 Å². The smallest absolute Gasteiger partial charge is 0.368 e. The molecule has 18 heavy (non-hydrogen) atoms. The molecule has 0 aromatic rings. The van der Waals surface area contributed by atoms with E-state index in [1.165, 1.54) is 13.8 Å². The van der Waals surface area contributed by atoms with Crippen molar-refractivity contribution < 1.29 is 29.2 Å². The van der Waals surface area contributed by atoms with Crippen molar-refractivity contribution in [1.29, 1.82) is 0 Å². The fraction of sp³-hybridized carbons (Fsp3) is 0.417. The van der Waals surface area contributed by atoms with Crippen LogP contribution in [0.2, 0.25) is 0 Å². The highest BCUT2D eigenvalue weighted by molar-refractivity contribution is 5.87. The molecule has 0 aliphatic heterocycles. The molecule has 102 valence electrons. The summed E-state index contributed by atoms with van der Waals surface area (Å²) in [7, 11) is 0. The Labute approximate surface area is 107 Å². The first-order valence-corrected chi connectivity index (χ1v) is 5.06. The largest absolute Gasteiger partial charge is 0.460 e. The van der Waals surface area contributed by atoms with Crippen molar-refractivity contribution in [2.24, 2.45) is 0 Å². The zero-order valence-corrected chi connectivity index (χ0v) is 10.7. The fourth-order valence-corrected chi connectivity index (χ4v) is 0.458. The van der Waals surface area contributed by atoms with Gasteiger partial charge in [0.25, 0.3) is 0 Å². The zero-order chi connectivity index (χ0) is 14.6. The molecule has 0 spiro atoms. The summed E-state index contributed by atoms with van der Waals surface area (Å²) < 4.78 is 4.67. The van der Waals surface area contributed by atoms with Crippen LogP contribution >= 0.6 is 0 Å². The quantitative estimate of drug-likeness (QED) is 0.236. The van der Waals surface area contributed by atoms with Gasteiger partial charge in [0.2, 0.25) is 0 Å². The highest BCUT2D eigenvalue weighted by Gasteiger charge is 2.05. The number of hydrogen-bond acceptors (Lipinski definition) is 5. The van der Waals surface area contributed by atoms with Crippen LogP contribution in [0.3, 0.4) is 0 Å². The van der Waals surface area contributed by atoms with Gasteiger partial charge >= 0.3 is 11.9 Å². The van der Waals surface area contributed by atoms with Gasteiger partial charge in [-0.25, -0.2) is 14.7 Å². The lowest BCUT2D eigenvalue weighted by Gasteiger charge is -2.04. The van der Waals surface area contributed by atoms with Gasteiger partial charge in [-0.3, -0.25) is 4.89 Å². The number of ether oxygens (including phenoxy) is 1. The number of esters is 1. The molecule has 0 aliphatic carbocycles. The highest BCUT2D eigenvalue weighted by atomic mass is 17.2. The first kappa shape index (κ1) is 18.7. The Morgan fingerprint density at radius 1 is 1.00 bits per heavy atom. The van der Waals surface area contributed by atoms with Gasteiger partial charge in [-0.05, 0) is 20.8 Å². The number of rotatable bonds is 6. The Kier molecular flexibility index (Phi) is 12.3. The van der Waals surface area contributed by atoms with E-state index in [2.05, 4.69) is 34.6 Å². The van der Waals surface area contributed by atoms with Crippen molar-refractivity contribution in [2.45, 2.75) is 13.8 Å². The summed E-state index contributed by atoms with van der Waals surface area (Å²) in [6.45, 7) is 12.4. The number of carbonyl (C=O) groups is 2. The van der Waals surface area contributed by atoms with Crippen LogP contribution in [0.15, 0.2) is 24.3 Å². The minimum absolute atomic E-state index is 0.00480. The third kappa shape index (κ3) is 12.4. The van der Waals surface area contributed by atoms with Gasteiger partial charge in [0.1, 0.15) is 13.2 Å². The highest BCUT2D eigenvalue weighted by Crippen LogP contribution is 1.94. The zero-order valence-electron chi connectivity index (χ0n) is 10.7. The van der Waals surface area contributed by atoms with E-state index in [9.17, 15) is 9.59 Å². The molecular formula is C12H18O6. The van der Waals surface area contributed by atoms with Crippen LogP contribution in [-0.2, 0) is 29.2 Å². The van der Waals surface area contributed by atoms with Crippen LogP contribution in [0.5, 0.6) is 0 Å². The van der Waals surface area contributed by atoms with Crippen molar-refractivity contribution in [3.8, 4) is 0 Å². The Bertz CT molecular complexity index is 267. The molecule has 0 atom stereocenters. The summed E-state index contributed by atoms with van der Waals surface area (Å²) in [4.78, 5) is 30.4. The first-order chi connectivity index (χ1) is 8.36. The van der Waals surface area contributed by atoms with Gasteiger partial charge in [-0.1, -0.05) is 13.2 Å². The lowest BCUT2D eigenvalue weighted by molar-refractivity contribution is -0.271. The molecule has 0 aromatic heterocycles. The van der Waals surface area contributed by atoms with E-state index >= 15 is 0 Å². The summed E-state index contributed by atoms with van der Waals surface area (Å²) in [6, 6.07) is 0. The monoisotopic (exact) mass is 258 g/mol. The van der Waals surface area contributed by atoms with Crippen molar-refractivity contribution in [1.82, 2.24) is 0 Å². The molecule has 0 saturated heterocycles. The summed E-state index contributed by atoms with van der Waals surface area (Å²) >= 11 is 0. The van der Waals surface area contributed by atoms with Crippen molar-refractivity contribution >= 4 is 11.9 Å². The van der Waals surface area contributed by atoms with Gasteiger partial charge in [-0.2, -0.15) is 4.89 Å². The summed E-state index contributed by atoms with van der Waals surface area (Å²) in [5.41, 5.74) is 0.530. The van der Waals surface area contributed by atoms with Crippen LogP contribution in [0.4, 0.5) is 0 Å². The van der Waals surface area contributed by atoms with Gasteiger partial charge < -0.3 is 4.74 Å². The molecule has 0 N–H and O–H groups in total. The molecular weight excluding hydrogens is 240 g/mol. The third-order valence-electron chi connectivity index (χ3n) is 1.23. The topological polar surface area (TPSA) is 81.7 Å². The molecule has 2 radical (unpaired) electrons. The van der Waals surface area contributed by atoms with Crippen LogP contribution in [0.25, 0.3) is 0 Å². The molecule has 0 aliphatic rings. The van der Waals surface area contributed by atoms with E-state index < -0.39 is 11.9 Å². The molecule has 0 bridgehead atoms. The van der Waals surface area contributed by atoms with Crippen LogP contribution in [0, 0.1) is 6.92 Å². The second-order valence-corrected chi connectivity index (χ2v) is 3.09. The van der Waals surface area contributed by atoms with E-state index in [-0.39, 0.29) is 25.4 Å². The van der Waals surface area contributed by atoms with E-state index in [4.69, 9.17) is 5.11 Å². The predicted octanol–water partition coefficient (Wildman–Crippen LogP) is 1.41. The van der Waals surface area contributed by atoms with Crippen molar-refractivity contribution in [2.75, 3.05) is 19.8 Å². The molecule has 6 nitrogen and oxygen atoms in total. The van der Waals surface area contributed by atoms with Crippen LogP contribution in [-0.4, -0.2) is 31.8 Å². The van der Waals surface area contributed by atoms with E-state index in [0.29, 0.717) is 5.57 Å². The maximum absolute atomic E-state index is 10.8. The Hall–Kier alpha value is -1.66. The minimum Gasteiger partial charge on any atom is -0.460 e. The summed E-state index contributed by atoms with van der Waals surface area (Å²) in [5.74, 6) is -1.16. The Morgan fingerprint density at radius 2 is 1.44 bits per heavy atom. The molecule has 0 fully saturated rings. The third-order valence-corrected chi connectivity index (χ3v) is 1.23. The van der Waals surface area contributed by atoms with Gasteiger partial charge in [0.15, 0.2) is 0 Å². The average Bonchev–Trinajstić information content (AvgIpc) is 2.28.